The number of ether oxygens (including phenoxy) is 1. The molecular formula is C26H24F6N4O3. The molecule has 0 unspecified atom stereocenters. The summed E-state index contributed by atoms with van der Waals surface area (Å²) >= 11 is 0. The predicted molar refractivity (Wildman–Crippen MR) is 128 cm³/mol. The Balaban J connectivity index is 1.67. The van der Waals surface area contributed by atoms with E-state index in [1.165, 1.54) is 48.4 Å². The van der Waals surface area contributed by atoms with E-state index in [9.17, 15) is 35.9 Å². The zero-order chi connectivity index (χ0) is 28.5. The topological polar surface area (TPSA) is 76.5 Å². The minimum Gasteiger partial charge on any atom is -0.465 e. The highest BCUT2D eigenvalue weighted by Crippen LogP contribution is 2.39. The van der Waals surface area contributed by atoms with Crippen LogP contribution in [0, 0.1) is 0 Å². The van der Waals surface area contributed by atoms with E-state index < -0.39 is 47.1 Å². The van der Waals surface area contributed by atoms with Crippen molar-refractivity contribution in [2.45, 2.75) is 44.8 Å². The lowest BCUT2D eigenvalue weighted by Gasteiger charge is -2.31. The molecule has 0 spiro atoms. The molecule has 1 atom stereocenters. The Morgan fingerprint density at radius 3 is 2.33 bits per heavy atom. The minimum absolute atomic E-state index is 0.106. The smallest absolute Gasteiger partial charge is 0.436 e. The first-order valence-electron chi connectivity index (χ1n) is 11.9. The normalized spacial score (nSPS) is 14.5. The van der Waals surface area contributed by atoms with Gasteiger partial charge in [-0.1, -0.05) is 24.3 Å². The predicted octanol–water partition coefficient (Wildman–Crippen LogP) is 5.61. The van der Waals surface area contributed by atoms with E-state index in [1.807, 2.05) is 0 Å². The van der Waals surface area contributed by atoms with Gasteiger partial charge in [0.2, 0.25) is 0 Å². The number of halogens is 6. The molecule has 0 radical (unpaired) electrons. The molecule has 2 aromatic carbocycles. The molecule has 7 nitrogen and oxygen atoms in total. The molecule has 4 rings (SSSR count). The van der Waals surface area contributed by atoms with Gasteiger partial charge in [-0.05, 0) is 48.7 Å². The monoisotopic (exact) mass is 554 g/mol. The molecule has 0 aliphatic carbocycles. The number of alkyl halides is 6. The van der Waals surface area contributed by atoms with E-state index in [-0.39, 0.29) is 36.6 Å². The van der Waals surface area contributed by atoms with Gasteiger partial charge in [-0.2, -0.15) is 31.4 Å². The molecular weight excluding hydrogens is 530 g/mol. The van der Waals surface area contributed by atoms with E-state index >= 15 is 0 Å². The maximum atomic E-state index is 14.0. The molecule has 0 fully saturated rings. The molecule has 1 aromatic heterocycles. The number of nitrogens with one attached hydrogen (secondary N) is 1. The van der Waals surface area contributed by atoms with Crippen LogP contribution in [0.1, 0.15) is 62.5 Å². The summed E-state index contributed by atoms with van der Waals surface area (Å²) in [5, 5.41) is 6.22. The van der Waals surface area contributed by atoms with Crippen LogP contribution in [0.25, 0.3) is 0 Å². The Labute approximate surface area is 219 Å². The largest absolute Gasteiger partial charge is 0.465 e. The van der Waals surface area contributed by atoms with Gasteiger partial charge in [-0.15, -0.1) is 0 Å². The summed E-state index contributed by atoms with van der Waals surface area (Å²) < 4.78 is 87.3. The standard InChI is InChI=1S/C26H24F6N4O3/c1-15(17-7-9-18(10-8-17)24(38)39-2)33-22(37)20-21(26(30,31)32)34-36-12-4-11-35(23(20)36)14-16-5-3-6-19(13-16)25(27,28)29/h3,5-10,13,15H,4,11-12,14H2,1-2H3,(H,33,37)/t15-/m0/s1. The highest BCUT2D eigenvalue weighted by Gasteiger charge is 2.43. The fourth-order valence-corrected chi connectivity index (χ4v) is 4.45. The summed E-state index contributed by atoms with van der Waals surface area (Å²) in [6.45, 7) is 1.73. The number of aryl methyl sites for hydroxylation is 1. The summed E-state index contributed by atoms with van der Waals surface area (Å²) in [6, 6.07) is 9.75. The van der Waals surface area contributed by atoms with Gasteiger partial charge < -0.3 is 15.0 Å². The van der Waals surface area contributed by atoms with Crippen LogP contribution in [0.4, 0.5) is 32.2 Å². The third kappa shape index (κ3) is 6.02. The number of carbonyl (C=O) groups excluding carboxylic acids is 2. The Hall–Kier alpha value is -4.03. The molecule has 13 heteroatoms. The van der Waals surface area contributed by atoms with E-state index in [1.54, 1.807) is 6.92 Å². The second kappa shape index (κ2) is 10.6. The lowest BCUT2D eigenvalue weighted by atomic mass is 10.0. The molecule has 39 heavy (non-hydrogen) atoms. The van der Waals surface area contributed by atoms with Crippen LogP contribution in [0.3, 0.4) is 0 Å². The number of fused-ring (bicyclic) bond motifs is 1. The highest BCUT2D eigenvalue weighted by molar-refractivity contribution is 6.01. The van der Waals surface area contributed by atoms with E-state index in [0.29, 0.717) is 12.0 Å². The molecule has 1 amide bonds. The zero-order valence-corrected chi connectivity index (χ0v) is 20.9. The minimum atomic E-state index is -4.95. The van der Waals surface area contributed by atoms with Crippen molar-refractivity contribution in [2.75, 3.05) is 18.6 Å². The number of benzene rings is 2. The Kier molecular flexibility index (Phi) is 7.62. The number of amides is 1. The van der Waals surface area contributed by atoms with Gasteiger partial charge >= 0.3 is 18.3 Å². The molecule has 0 saturated carbocycles. The number of hydrogen-bond acceptors (Lipinski definition) is 5. The van der Waals surface area contributed by atoms with Crippen molar-refractivity contribution in [3.05, 3.63) is 82.0 Å². The number of methoxy groups -OCH3 is 1. The number of hydrogen-bond donors (Lipinski definition) is 1. The van der Waals surface area contributed by atoms with Crippen molar-refractivity contribution in [3.63, 3.8) is 0 Å². The van der Waals surface area contributed by atoms with Crippen LogP contribution in [0.5, 0.6) is 0 Å². The lowest BCUT2D eigenvalue weighted by Crippen LogP contribution is -2.35. The van der Waals surface area contributed by atoms with Crippen LogP contribution in [-0.2, 0) is 30.2 Å². The number of aromatic nitrogens is 2. The number of nitrogens with zero attached hydrogens (tertiary/aromatic N) is 3. The van der Waals surface area contributed by atoms with Gasteiger partial charge in [-0.3, -0.25) is 4.79 Å². The molecule has 1 aliphatic heterocycles. The fourth-order valence-electron chi connectivity index (χ4n) is 4.45. The zero-order valence-electron chi connectivity index (χ0n) is 20.9. The van der Waals surface area contributed by atoms with Gasteiger partial charge in [0.25, 0.3) is 5.91 Å². The number of carbonyl (C=O) groups is 2. The molecule has 0 saturated heterocycles. The Morgan fingerprint density at radius 2 is 1.72 bits per heavy atom. The number of anilines is 1. The second-order valence-electron chi connectivity index (χ2n) is 9.05. The lowest BCUT2D eigenvalue weighted by molar-refractivity contribution is -0.142. The van der Waals surface area contributed by atoms with Crippen LogP contribution < -0.4 is 10.2 Å². The third-order valence-electron chi connectivity index (χ3n) is 6.33. The first kappa shape index (κ1) is 28.0. The average molecular weight is 554 g/mol. The second-order valence-corrected chi connectivity index (χ2v) is 9.05. The molecule has 208 valence electrons. The summed E-state index contributed by atoms with van der Waals surface area (Å²) in [5.74, 6) is -1.72. The number of rotatable bonds is 6. The van der Waals surface area contributed by atoms with Crippen LogP contribution in [0.15, 0.2) is 48.5 Å². The van der Waals surface area contributed by atoms with Gasteiger partial charge in [0.05, 0.1) is 24.3 Å². The first-order valence-corrected chi connectivity index (χ1v) is 11.9. The number of esters is 1. The average Bonchev–Trinajstić information content (AvgIpc) is 3.30. The molecule has 3 aromatic rings. The SMILES string of the molecule is COC(=O)c1ccc([C@H](C)NC(=O)c2c(C(F)(F)F)nn3c2N(Cc2cccc(C(F)(F)F)c2)CCC3)cc1. The van der Waals surface area contributed by atoms with Crippen LogP contribution >= 0.6 is 0 Å². The molecule has 1 N–H and O–H groups in total. The first-order chi connectivity index (χ1) is 18.3. The highest BCUT2D eigenvalue weighted by atomic mass is 19.4. The third-order valence-corrected chi connectivity index (χ3v) is 6.33. The summed E-state index contributed by atoms with van der Waals surface area (Å²) in [6.07, 6.45) is -9.15. The van der Waals surface area contributed by atoms with Crippen molar-refractivity contribution in [1.29, 1.82) is 0 Å². The van der Waals surface area contributed by atoms with Crippen molar-refractivity contribution in [2.24, 2.45) is 0 Å². The van der Waals surface area contributed by atoms with Gasteiger partial charge in [0.15, 0.2) is 5.69 Å². The van der Waals surface area contributed by atoms with Crippen molar-refractivity contribution in [3.8, 4) is 0 Å². The quantitative estimate of drug-likeness (QED) is 0.317. The fraction of sp³-hybridized carbons (Fsp3) is 0.346. The Bertz CT molecular complexity index is 1370. The van der Waals surface area contributed by atoms with E-state index in [0.717, 1.165) is 16.8 Å². The Morgan fingerprint density at radius 1 is 1.03 bits per heavy atom. The summed E-state index contributed by atoms with van der Waals surface area (Å²) in [4.78, 5) is 26.4. The van der Waals surface area contributed by atoms with Gasteiger partial charge in [0.1, 0.15) is 11.4 Å². The van der Waals surface area contributed by atoms with E-state index in [4.69, 9.17) is 0 Å². The van der Waals surface area contributed by atoms with Crippen molar-refractivity contribution < 1.29 is 40.7 Å². The molecule has 2 heterocycles. The van der Waals surface area contributed by atoms with Crippen LogP contribution in [0.2, 0.25) is 0 Å². The van der Waals surface area contributed by atoms with Gasteiger partial charge in [-0.25, -0.2) is 9.48 Å². The molecule has 0 bridgehead atoms. The maximum absolute atomic E-state index is 14.0. The van der Waals surface area contributed by atoms with Gasteiger partial charge in [0, 0.05) is 19.6 Å². The van der Waals surface area contributed by atoms with E-state index in [2.05, 4.69) is 15.2 Å². The summed E-state index contributed by atoms with van der Waals surface area (Å²) in [5.41, 5.74) is -1.96. The summed E-state index contributed by atoms with van der Waals surface area (Å²) in [7, 11) is 1.22. The van der Waals surface area contributed by atoms with Crippen LogP contribution in [-0.4, -0.2) is 35.3 Å². The van der Waals surface area contributed by atoms with Crippen molar-refractivity contribution >= 4 is 17.7 Å². The van der Waals surface area contributed by atoms with Crippen molar-refractivity contribution in [1.82, 2.24) is 15.1 Å². The molecule has 1 aliphatic rings. The maximum Gasteiger partial charge on any atom is 0.436 e.